The Kier molecular flexibility index (Phi) is 4.88. The summed E-state index contributed by atoms with van der Waals surface area (Å²) in [6, 6.07) is -0.293. The predicted octanol–water partition coefficient (Wildman–Crippen LogP) is 2.93. The van der Waals surface area contributed by atoms with Crippen LogP contribution in [0.2, 0.25) is 0 Å². The molecule has 0 aromatic rings. The van der Waals surface area contributed by atoms with Crippen molar-refractivity contribution in [2.75, 3.05) is 13.1 Å². The van der Waals surface area contributed by atoms with Crippen LogP contribution in [-0.2, 0) is 4.79 Å². The van der Waals surface area contributed by atoms with Crippen molar-refractivity contribution in [1.82, 2.24) is 4.90 Å². The van der Waals surface area contributed by atoms with Crippen molar-refractivity contribution in [3.8, 4) is 0 Å². The summed E-state index contributed by atoms with van der Waals surface area (Å²) in [6.07, 6.45) is 9.99. The lowest BCUT2D eigenvalue weighted by Gasteiger charge is -2.46. The third-order valence-electron chi connectivity index (χ3n) is 4.93. The maximum Gasteiger partial charge on any atom is 0.239 e. The summed E-state index contributed by atoms with van der Waals surface area (Å²) in [5.74, 6) is 0.686. The first kappa shape index (κ1) is 14.8. The first-order valence-electron chi connectivity index (χ1n) is 8.07. The van der Waals surface area contributed by atoms with E-state index >= 15 is 0 Å². The lowest BCUT2D eigenvalue weighted by atomic mass is 9.69. The topological polar surface area (TPSA) is 46.3 Å². The van der Waals surface area contributed by atoms with Gasteiger partial charge in [0.2, 0.25) is 5.91 Å². The standard InChI is InChI=1S/C16H30N2O/c1-13(2)11-14(17)15(19)18-10-6-9-16(12-18)7-4-3-5-8-16/h13-14H,3-12,17H2,1-2H3/t14-/m0/s1. The molecule has 1 aliphatic heterocycles. The number of nitrogens with two attached hydrogens (primary N) is 1. The molecule has 0 aromatic heterocycles. The van der Waals surface area contributed by atoms with Gasteiger partial charge in [-0.15, -0.1) is 0 Å². The average molecular weight is 266 g/mol. The number of likely N-dealkylation sites (tertiary alicyclic amines) is 1. The van der Waals surface area contributed by atoms with E-state index in [-0.39, 0.29) is 11.9 Å². The van der Waals surface area contributed by atoms with Gasteiger partial charge in [0.15, 0.2) is 0 Å². The second kappa shape index (κ2) is 6.25. The molecule has 1 saturated heterocycles. The van der Waals surface area contributed by atoms with E-state index in [0.717, 1.165) is 19.5 Å². The quantitative estimate of drug-likeness (QED) is 0.853. The smallest absolute Gasteiger partial charge is 0.239 e. The van der Waals surface area contributed by atoms with Crippen molar-refractivity contribution in [2.24, 2.45) is 17.1 Å². The third-order valence-corrected chi connectivity index (χ3v) is 4.93. The van der Waals surface area contributed by atoms with Gasteiger partial charge >= 0.3 is 0 Å². The number of rotatable bonds is 3. The van der Waals surface area contributed by atoms with Crippen molar-refractivity contribution in [3.05, 3.63) is 0 Å². The van der Waals surface area contributed by atoms with Crippen LogP contribution < -0.4 is 5.73 Å². The monoisotopic (exact) mass is 266 g/mol. The minimum Gasteiger partial charge on any atom is -0.341 e. The molecular weight excluding hydrogens is 236 g/mol. The number of piperidine rings is 1. The number of hydrogen-bond acceptors (Lipinski definition) is 2. The first-order valence-corrected chi connectivity index (χ1v) is 8.07. The van der Waals surface area contributed by atoms with E-state index in [9.17, 15) is 4.79 Å². The highest BCUT2D eigenvalue weighted by Crippen LogP contribution is 2.43. The van der Waals surface area contributed by atoms with E-state index in [1.54, 1.807) is 0 Å². The fraction of sp³-hybridized carbons (Fsp3) is 0.938. The van der Waals surface area contributed by atoms with Crippen LogP contribution in [0.15, 0.2) is 0 Å². The molecule has 0 bridgehead atoms. The lowest BCUT2D eigenvalue weighted by Crippen LogP contribution is -2.52. The fourth-order valence-electron chi connectivity index (χ4n) is 3.95. The minimum atomic E-state index is -0.293. The average Bonchev–Trinajstić information content (AvgIpc) is 2.38. The number of amides is 1. The molecule has 2 N–H and O–H groups in total. The molecule has 2 fully saturated rings. The molecular formula is C16H30N2O. The molecule has 2 aliphatic rings. The maximum atomic E-state index is 12.5. The van der Waals surface area contributed by atoms with Crippen LogP contribution in [0.4, 0.5) is 0 Å². The molecule has 1 aliphatic carbocycles. The van der Waals surface area contributed by atoms with Crippen molar-refractivity contribution >= 4 is 5.91 Å². The molecule has 3 heteroatoms. The molecule has 0 aromatic carbocycles. The van der Waals surface area contributed by atoms with E-state index < -0.39 is 0 Å². The number of carbonyl (C=O) groups excluding carboxylic acids is 1. The number of carbonyl (C=O) groups is 1. The zero-order valence-electron chi connectivity index (χ0n) is 12.7. The van der Waals surface area contributed by atoms with Gasteiger partial charge in [0.1, 0.15) is 0 Å². The fourth-order valence-corrected chi connectivity index (χ4v) is 3.95. The van der Waals surface area contributed by atoms with Gasteiger partial charge in [-0.3, -0.25) is 4.79 Å². The molecule has 1 atom stereocenters. The Balaban J connectivity index is 1.94. The third kappa shape index (κ3) is 3.71. The normalized spacial score (nSPS) is 24.7. The van der Waals surface area contributed by atoms with Crippen LogP contribution in [-0.4, -0.2) is 29.9 Å². The summed E-state index contributed by atoms with van der Waals surface area (Å²) in [5.41, 5.74) is 6.51. The maximum absolute atomic E-state index is 12.5. The van der Waals surface area contributed by atoms with Gasteiger partial charge in [-0.05, 0) is 43.4 Å². The summed E-state index contributed by atoms with van der Waals surface area (Å²) in [7, 11) is 0. The summed E-state index contributed by atoms with van der Waals surface area (Å²) in [4.78, 5) is 14.5. The van der Waals surface area contributed by atoms with Gasteiger partial charge in [-0.25, -0.2) is 0 Å². The molecule has 0 unspecified atom stereocenters. The van der Waals surface area contributed by atoms with E-state index in [4.69, 9.17) is 5.73 Å². The van der Waals surface area contributed by atoms with Crippen LogP contribution in [0, 0.1) is 11.3 Å². The Morgan fingerprint density at radius 3 is 2.42 bits per heavy atom. The SMILES string of the molecule is CC(C)C[C@H](N)C(=O)N1CCCC2(CCCCC2)C1. The highest BCUT2D eigenvalue weighted by Gasteiger charge is 2.38. The summed E-state index contributed by atoms with van der Waals surface area (Å²) >= 11 is 0. The van der Waals surface area contributed by atoms with Gasteiger partial charge < -0.3 is 10.6 Å². The Bertz CT molecular complexity index is 302. The molecule has 3 nitrogen and oxygen atoms in total. The Morgan fingerprint density at radius 2 is 1.79 bits per heavy atom. The van der Waals surface area contributed by atoms with Crippen LogP contribution in [0.25, 0.3) is 0 Å². The van der Waals surface area contributed by atoms with Crippen molar-refractivity contribution < 1.29 is 4.79 Å². The predicted molar refractivity (Wildman–Crippen MR) is 78.8 cm³/mol. The zero-order chi connectivity index (χ0) is 13.9. The van der Waals surface area contributed by atoms with Gasteiger partial charge in [0.05, 0.1) is 6.04 Å². The van der Waals surface area contributed by atoms with Crippen LogP contribution >= 0.6 is 0 Å². The highest BCUT2D eigenvalue weighted by atomic mass is 16.2. The molecule has 1 amide bonds. The molecule has 110 valence electrons. The number of nitrogens with zero attached hydrogens (tertiary/aromatic N) is 1. The highest BCUT2D eigenvalue weighted by molar-refractivity contribution is 5.81. The summed E-state index contributed by atoms with van der Waals surface area (Å²) in [6.45, 7) is 6.15. The van der Waals surface area contributed by atoms with Crippen LogP contribution in [0.5, 0.6) is 0 Å². The molecule has 1 saturated carbocycles. The van der Waals surface area contributed by atoms with E-state index in [0.29, 0.717) is 11.3 Å². The van der Waals surface area contributed by atoms with Gasteiger partial charge in [-0.2, -0.15) is 0 Å². The van der Waals surface area contributed by atoms with E-state index in [1.807, 2.05) is 0 Å². The Hall–Kier alpha value is -0.570. The Morgan fingerprint density at radius 1 is 1.16 bits per heavy atom. The Labute approximate surface area is 117 Å². The second-order valence-electron chi connectivity index (χ2n) is 7.16. The van der Waals surface area contributed by atoms with E-state index in [1.165, 1.54) is 44.9 Å². The molecule has 19 heavy (non-hydrogen) atoms. The van der Waals surface area contributed by atoms with Crippen LogP contribution in [0.1, 0.15) is 65.2 Å². The largest absolute Gasteiger partial charge is 0.341 e. The van der Waals surface area contributed by atoms with Gasteiger partial charge in [0.25, 0.3) is 0 Å². The van der Waals surface area contributed by atoms with Crippen LogP contribution in [0.3, 0.4) is 0 Å². The first-order chi connectivity index (χ1) is 9.02. The van der Waals surface area contributed by atoms with Gasteiger partial charge in [0, 0.05) is 13.1 Å². The van der Waals surface area contributed by atoms with Crippen molar-refractivity contribution in [3.63, 3.8) is 0 Å². The van der Waals surface area contributed by atoms with Crippen molar-refractivity contribution in [1.29, 1.82) is 0 Å². The lowest BCUT2D eigenvalue weighted by molar-refractivity contribution is -0.137. The molecule has 0 radical (unpaired) electrons. The second-order valence-corrected chi connectivity index (χ2v) is 7.16. The van der Waals surface area contributed by atoms with E-state index in [2.05, 4.69) is 18.7 Å². The van der Waals surface area contributed by atoms with Crippen molar-refractivity contribution in [2.45, 2.75) is 71.3 Å². The zero-order valence-corrected chi connectivity index (χ0v) is 12.7. The summed E-state index contributed by atoms with van der Waals surface area (Å²) in [5, 5.41) is 0. The van der Waals surface area contributed by atoms with Gasteiger partial charge in [-0.1, -0.05) is 33.1 Å². The molecule has 1 heterocycles. The minimum absolute atomic E-state index is 0.193. The summed E-state index contributed by atoms with van der Waals surface area (Å²) < 4.78 is 0. The molecule has 1 spiro atoms. The number of hydrogen-bond donors (Lipinski definition) is 1. The molecule has 2 rings (SSSR count).